The summed E-state index contributed by atoms with van der Waals surface area (Å²) in [5.74, 6) is 2.72. The van der Waals surface area contributed by atoms with Crippen LogP contribution in [0.25, 0.3) is 10.8 Å². The Kier molecular flexibility index (Phi) is 3.08. The van der Waals surface area contributed by atoms with Crippen LogP contribution in [0.3, 0.4) is 0 Å². The number of fused-ring (bicyclic) bond motifs is 1. The van der Waals surface area contributed by atoms with Crippen LogP contribution < -0.4 is 0 Å². The van der Waals surface area contributed by atoms with Gasteiger partial charge in [-0.05, 0) is 18.4 Å². The van der Waals surface area contributed by atoms with Crippen molar-refractivity contribution in [2.75, 3.05) is 6.54 Å². The average molecular weight is 301 g/mol. The van der Waals surface area contributed by atoms with Crippen LogP contribution in [0, 0.1) is 6.92 Å². The van der Waals surface area contributed by atoms with E-state index in [2.05, 4.69) is 24.6 Å². The predicted molar refractivity (Wildman–Crippen MR) is 78.7 cm³/mol. The maximum Gasteiger partial charge on any atom is 0.236 e. The highest BCUT2D eigenvalue weighted by Crippen LogP contribution is 2.24. The van der Waals surface area contributed by atoms with Gasteiger partial charge in [-0.3, -0.25) is 4.90 Å². The normalized spacial score (nSPS) is 15.3. The number of thiophene rings is 1. The topological polar surface area (TPSA) is 60.0 Å². The fourth-order valence-corrected chi connectivity index (χ4v) is 3.27. The van der Waals surface area contributed by atoms with Crippen molar-refractivity contribution >= 4 is 11.3 Å². The van der Waals surface area contributed by atoms with Crippen LogP contribution in [0.1, 0.15) is 17.3 Å². The van der Waals surface area contributed by atoms with E-state index in [0.717, 1.165) is 48.4 Å². The molecule has 0 bridgehead atoms. The third-order valence-electron chi connectivity index (χ3n) is 3.69. The lowest BCUT2D eigenvalue weighted by molar-refractivity contribution is 0.205. The van der Waals surface area contributed by atoms with Crippen molar-refractivity contribution in [3.63, 3.8) is 0 Å². The summed E-state index contributed by atoms with van der Waals surface area (Å²) in [5.41, 5.74) is 0.961. The van der Waals surface area contributed by atoms with E-state index in [0.29, 0.717) is 5.89 Å². The van der Waals surface area contributed by atoms with Gasteiger partial charge in [0.2, 0.25) is 5.89 Å². The smallest absolute Gasteiger partial charge is 0.236 e. The fraction of sp³-hybridized carbons (Fsp3) is 0.357. The Balaban J connectivity index is 1.48. The molecule has 0 radical (unpaired) electrons. The van der Waals surface area contributed by atoms with E-state index in [-0.39, 0.29) is 0 Å². The van der Waals surface area contributed by atoms with E-state index < -0.39 is 0 Å². The molecule has 1 aliphatic heterocycles. The molecule has 0 aromatic carbocycles. The number of rotatable bonds is 3. The van der Waals surface area contributed by atoms with Crippen LogP contribution in [0.4, 0.5) is 0 Å². The predicted octanol–water partition coefficient (Wildman–Crippen LogP) is 2.32. The first-order chi connectivity index (χ1) is 10.3. The molecule has 0 atom stereocenters. The van der Waals surface area contributed by atoms with Gasteiger partial charge >= 0.3 is 0 Å². The van der Waals surface area contributed by atoms with E-state index in [1.165, 1.54) is 0 Å². The van der Waals surface area contributed by atoms with Gasteiger partial charge < -0.3 is 8.98 Å². The van der Waals surface area contributed by atoms with Gasteiger partial charge in [-0.25, -0.2) is 4.98 Å². The van der Waals surface area contributed by atoms with Gasteiger partial charge in [0, 0.05) is 19.6 Å². The molecule has 6 nitrogen and oxygen atoms in total. The second-order valence-electron chi connectivity index (χ2n) is 5.15. The molecule has 3 aromatic rings. The van der Waals surface area contributed by atoms with Gasteiger partial charge in [0.05, 0.1) is 17.1 Å². The molecule has 4 heterocycles. The molecule has 0 saturated carbocycles. The minimum absolute atomic E-state index is 0.705. The van der Waals surface area contributed by atoms with Gasteiger partial charge in [-0.1, -0.05) is 6.07 Å². The monoisotopic (exact) mass is 301 g/mol. The Morgan fingerprint density at radius 3 is 3.14 bits per heavy atom. The summed E-state index contributed by atoms with van der Waals surface area (Å²) in [6, 6.07) is 4.02. The molecule has 0 fully saturated rings. The van der Waals surface area contributed by atoms with E-state index >= 15 is 0 Å². The van der Waals surface area contributed by atoms with Crippen LogP contribution in [0.2, 0.25) is 0 Å². The maximum absolute atomic E-state index is 5.56. The van der Waals surface area contributed by atoms with Gasteiger partial charge in [-0.15, -0.1) is 21.5 Å². The summed E-state index contributed by atoms with van der Waals surface area (Å²) in [7, 11) is 0. The summed E-state index contributed by atoms with van der Waals surface area (Å²) in [6.45, 7) is 5.50. The largest absolute Gasteiger partial charge is 0.444 e. The van der Waals surface area contributed by atoms with Crippen molar-refractivity contribution in [1.29, 1.82) is 0 Å². The second kappa shape index (κ2) is 5.09. The minimum atomic E-state index is 0.705. The highest BCUT2D eigenvalue weighted by atomic mass is 32.1. The standard InChI is InChI=1S/C14H15N5OS/c1-10-16-17-13-8-18(4-5-19(10)13)7-11-9-20-14(15-11)12-3-2-6-21-12/h2-3,6,9H,4-5,7-8H2,1H3. The minimum Gasteiger partial charge on any atom is -0.444 e. The molecule has 0 saturated heterocycles. The lowest BCUT2D eigenvalue weighted by Gasteiger charge is -2.26. The molecule has 0 amide bonds. The SMILES string of the molecule is Cc1nnc2n1CCN(Cc1coc(-c3cccs3)n1)C2. The molecule has 7 heteroatoms. The molecular formula is C14H15N5OS. The Morgan fingerprint density at radius 1 is 1.33 bits per heavy atom. The van der Waals surface area contributed by atoms with Crippen LogP contribution in [0.5, 0.6) is 0 Å². The Bertz CT molecular complexity index is 745. The summed E-state index contributed by atoms with van der Waals surface area (Å²) in [6.07, 6.45) is 1.75. The van der Waals surface area contributed by atoms with Crippen molar-refractivity contribution in [2.24, 2.45) is 0 Å². The molecule has 0 unspecified atom stereocenters. The van der Waals surface area contributed by atoms with Crippen LogP contribution >= 0.6 is 11.3 Å². The number of nitrogens with zero attached hydrogens (tertiary/aromatic N) is 5. The molecule has 21 heavy (non-hydrogen) atoms. The average Bonchev–Trinajstić information content (AvgIpc) is 3.20. The lowest BCUT2D eigenvalue weighted by Crippen LogP contribution is -2.33. The summed E-state index contributed by atoms with van der Waals surface area (Å²) in [4.78, 5) is 7.95. The van der Waals surface area contributed by atoms with Crippen molar-refractivity contribution < 1.29 is 4.42 Å². The third kappa shape index (κ3) is 2.38. The van der Waals surface area contributed by atoms with E-state index in [4.69, 9.17) is 4.42 Å². The van der Waals surface area contributed by atoms with E-state index in [9.17, 15) is 0 Å². The van der Waals surface area contributed by atoms with E-state index in [1.54, 1.807) is 17.6 Å². The summed E-state index contributed by atoms with van der Waals surface area (Å²) < 4.78 is 7.74. The van der Waals surface area contributed by atoms with E-state index in [1.807, 2.05) is 24.4 Å². The Morgan fingerprint density at radius 2 is 2.29 bits per heavy atom. The number of aromatic nitrogens is 4. The van der Waals surface area contributed by atoms with Gasteiger partial charge in [0.15, 0.2) is 0 Å². The molecular weight excluding hydrogens is 286 g/mol. The number of oxazole rings is 1. The highest BCUT2D eigenvalue weighted by Gasteiger charge is 2.20. The zero-order valence-electron chi connectivity index (χ0n) is 11.7. The molecule has 0 N–H and O–H groups in total. The molecule has 0 spiro atoms. The summed E-state index contributed by atoms with van der Waals surface area (Å²) >= 11 is 1.64. The van der Waals surface area contributed by atoms with Crippen molar-refractivity contribution in [2.45, 2.75) is 26.6 Å². The van der Waals surface area contributed by atoms with Crippen molar-refractivity contribution in [1.82, 2.24) is 24.6 Å². The molecule has 0 aliphatic carbocycles. The summed E-state index contributed by atoms with van der Waals surface area (Å²) in [5, 5.41) is 10.4. The Hall–Kier alpha value is -1.99. The zero-order valence-corrected chi connectivity index (χ0v) is 12.5. The zero-order chi connectivity index (χ0) is 14.2. The first-order valence-corrected chi connectivity index (χ1v) is 7.77. The number of hydrogen-bond acceptors (Lipinski definition) is 6. The van der Waals surface area contributed by atoms with Crippen LogP contribution in [0.15, 0.2) is 28.2 Å². The first kappa shape index (κ1) is 12.7. The third-order valence-corrected chi connectivity index (χ3v) is 4.54. The lowest BCUT2D eigenvalue weighted by atomic mass is 10.3. The quantitative estimate of drug-likeness (QED) is 0.743. The van der Waals surface area contributed by atoms with Gasteiger partial charge in [0.1, 0.15) is 17.9 Å². The number of aryl methyl sites for hydroxylation is 1. The second-order valence-corrected chi connectivity index (χ2v) is 6.09. The van der Waals surface area contributed by atoms with Crippen LogP contribution in [-0.4, -0.2) is 31.2 Å². The molecule has 108 valence electrons. The van der Waals surface area contributed by atoms with Crippen molar-refractivity contribution in [3.05, 3.63) is 41.1 Å². The fourth-order valence-electron chi connectivity index (χ4n) is 2.61. The van der Waals surface area contributed by atoms with Crippen molar-refractivity contribution in [3.8, 4) is 10.8 Å². The molecule has 4 rings (SSSR count). The van der Waals surface area contributed by atoms with Gasteiger partial charge in [-0.2, -0.15) is 0 Å². The molecule has 3 aromatic heterocycles. The molecule has 1 aliphatic rings. The maximum atomic E-state index is 5.56. The van der Waals surface area contributed by atoms with Gasteiger partial charge in [0.25, 0.3) is 0 Å². The highest BCUT2D eigenvalue weighted by molar-refractivity contribution is 7.13. The number of hydrogen-bond donors (Lipinski definition) is 0. The van der Waals surface area contributed by atoms with Crippen LogP contribution in [-0.2, 0) is 19.6 Å². The Labute approximate surface area is 126 Å². The first-order valence-electron chi connectivity index (χ1n) is 6.89.